The van der Waals surface area contributed by atoms with Crippen LogP contribution in [0.25, 0.3) is 5.70 Å². The smallest absolute Gasteiger partial charge is 0.304 e. The number of halogens is 3. The number of imidazole rings is 1. The molecular weight excluding hydrogens is 233 g/mol. The van der Waals surface area contributed by atoms with Crippen LogP contribution in [0.15, 0.2) is 30.6 Å². The third-order valence-electron chi connectivity index (χ3n) is 2.43. The number of nitrogens with zero attached hydrogens (tertiary/aromatic N) is 2. The van der Waals surface area contributed by atoms with E-state index in [1.807, 2.05) is 6.92 Å². The molecule has 0 amide bonds. The zero-order valence-electron chi connectivity index (χ0n) is 9.11. The van der Waals surface area contributed by atoms with Crippen molar-refractivity contribution in [2.75, 3.05) is 0 Å². The number of rotatable bonds is 2. The molecular formula is C11H11F3N2O. The molecule has 0 bridgehead atoms. The van der Waals surface area contributed by atoms with Crippen molar-refractivity contribution in [2.45, 2.75) is 25.8 Å². The maximum absolute atomic E-state index is 12.0. The van der Waals surface area contributed by atoms with Crippen LogP contribution in [0.4, 0.5) is 13.2 Å². The van der Waals surface area contributed by atoms with Gasteiger partial charge in [0, 0.05) is 18.1 Å². The Hall–Kier alpha value is -1.56. The number of hydrogen-bond acceptors (Lipinski definition) is 2. The molecule has 1 aromatic heterocycles. The van der Waals surface area contributed by atoms with Gasteiger partial charge in [0.15, 0.2) is 0 Å². The number of allylic oxidation sites excluding steroid dienone is 2. The van der Waals surface area contributed by atoms with Gasteiger partial charge in [-0.2, -0.15) is 0 Å². The minimum atomic E-state index is -4.59. The van der Waals surface area contributed by atoms with E-state index in [9.17, 15) is 13.2 Å². The Balaban J connectivity index is 2.05. The fourth-order valence-corrected chi connectivity index (χ4v) is 1.68. The van der Waals surface area contributed by atoms with Gasteiger partial charge in [0.2, 0.25) is 0 Å². The molecule has 1 heterocycles. The van der Waals surface area contributed by atoms with Gasteiger partial charge in [-0.25, -0.2) is 4.98 Å². The molecule has 2 rings (SSSR count). The average Bonchev–Trinajstić information content (AvgIpc) is 2.63. The van der Waals surface area contributed by atoms with E-state index in [4.69, 9.17) is 0 Å². The summed E-state index contributed by atoms with van der Waals surface area (Å²) >= 11 is 0. The van der Waals surface area contributed by atoms with Crippen molar-refractivity contribution in [2.24, 2.45) is 0 Å². The van der Waals surface area contributed by atoms with Crippen molar-refractivity contribution in [3.8, 4) is 0 Å². The van der Waals surface area contributed by atoms with Crippen molar-refractivity contribution >= 4 is 5.70 Å². The Labute approximate surface area is 96.2 Å². The third kappa shape index (κ3) is 2.97. The Morgan fingerprint density at radius 2 is 2.24 bits per heavy atom. The monoisotopic (exact) mass is 244 g/mol. The summed E-state index contributed by atoms with van der Waals surface area (Å²) in [6, 6.07) is 0. The van der Waals surface area contributed by atoms with E-state index < -0.39 is 12.5 Å². The van der Waals surface area contributed by atoms with Crippen molar-refractivity contribution < 1.29 is 17.9 Å². The second kappa shape index (κ2) is 4.37. The lowest BCUT2D eigenvalue weighted by atomic mass is 10.1. The number of aromatic nitrogens is 2. The number of aryl methyl sites for hydroxylation is 1. The summed E-state index contributed by atoms with van der Waals surface area (Å²) in [4.78, 5) is 4.05. The molecule has 0 fully saturated rings. The van der Waals surface area contributed by atoms with Crippen LogP contribution in [0.5, 0.6) is 0 Å². The third-order valence-corrected chi connectivity index (χ3v) is 2.43. The molecule has 1 aromatic rings. The zero-order chi connectivity index (χ0) is 12.5. The number of ether oxygens (including phenoxy) is 1. The van der Waals surface area contributed by atoms with Crippen LogP contribution in [0.2, 0.25) is 0 Å². The first-order valence-corrected chi connectivity index (χ1v) is 5.09. The summed E-state index contributed by atoms with van der Waals surface area (Å²) < 4.78 is 41.7. The number of alkyl halides is 3. The molecule has 0 saturated carbocycles. The van der Waals surface area contributed by atoms with E-state index >= 15 is 0 Å². The lowest BCUT2D eigenvalue weighted by Gasteiger charge is -2.19. The zero-order valence-corrected chi connectivity index (χ0v) is 9.11. The minimum absolute atomic E-state index is 0.197. The van der Waals surface area contributed by atoms with E-state index in [0.717, 1.165) is 11.5 Å². The quantitative estimate of drug-likeness (QED) is 0.799. The highest BCUT2D eigenvalue weighted by Gasteiger charge is 2.32. The molecule has 0 aromatic carbocycles. The molecule has 3 nitrogen and oxygen atoms in total. The minimum Gasteiger partial charge on any atom is -0.304 e. The van der Waals surface area contributed by atoms with Crippen molar-refractivity contribution in [1.82, 2.24) is 9.55 Å². The molecule has 0 aliphatic heterocycles. The maximum Gasteiger partial charge on any atom is 0.523 e. The molecule has 1 aliphatic rings. The van der Waals surface area contributed by atoms with E-state index in [-0.39, 0.29) is 6.42 Å². The molecule has 0 spiro atoms. The highest BCUT2D eigenvalue weighted by Crippen LogP contribution is 2.25. The normalized spacial score (nSPS) is 20.5. The first-order chi connectivity index (χ1) is 7.96. The second-order valence-electron chi connectivity index (χ2n) is 3.67. The van der Waals surface area contributed by atoms with Gasteiger partial charge in [-0.05, 0) is 19.4 Å². The standard InChI is InChI=1S/C11H11F3N2O/c1-8-15-6-7-16(8)9-2-4-10(5-3-9)17-11(12,13)14/h2-4,6-7,10H,5H2,1H3. The Bertz CT molecular complexity index is 460. The second-order valence-corrected chi connectivity index (χ2v) is 3.67. The Morgan fingerprint density at radius 1 is 1.47 bits per heavy atom. The molecule has 1 atom stereocenters. The Morgan fingerprint density at radius 3 is 2.71 bits per heavy atom. The number of hydrogen-bond donors (Lipinski definition) is 0. The van der Waals surface area contributed by atoms with Crippen LogP contribution in [-0.4, -0.2) is 22.0 Å². The van der Waals surface area contributed by atoms with Gasteiger partial charge >= 0.3 is 6.36 Å². The van der Waals surface area contributed by atoms with E-state index in [2.05, 4.69) is 9.72 Å². The van der Waals surface area contributed by atoms with Crippen LogP contribution in [0, 0.1) is 6.92 Å². The topological polar surface area (TPSA) is 27.1 Å². The average molecular weight is 244 g/mol. The summed E-state index contributed by atoms with van der Waals surface area (Å²) in [5, 5.41) is 0. The van der Waals surface area contributed by atoms with Crippen molar-refractivity contribution in [3.05, 3.63) is 36.4 Å². The van der Waals surface area contributed by atoms with Crippen LogP contribution in [0.1, 0.15) is 12.2 Å². The fourth-order valence-electron chi connectivity index (χ4n) is 1.68. The van der Waals surface area contributed by atoms with Gasteiger partial charge in [-0.1, -0.05) is 12.2 Å². The molecule has 0 radical (unpaired) electrons. The first kappa shape index (κ1) is 11.9. The maximum atomic E-state index is 12.0. The lowest BCUT2D eigenvalue weighted by molar-refractivity contribution is -0.335. The summed E-state index contributed by atoms with van der Waals surface area (Å²) in [5.41, 5.74) is 0.807. The van der Waals surface area contributed by atoms with Crippen LogP contribution in [-0.2, 0) is 4.74 Å². The molecule has 17 heavy (non-hydrogen) atoms. The van der Waals surface area contributed by atoms with Crippen LogP contribution < -0.4 is 0 Å². The largest absolute Gasteiger partial charge is 0.523 e. The molecule has 92 valence electrons. The summed E-state index contributed by atoms with van der Waals surface area (Å²) in [5.74, 6) is 0.788. The van der Waals surface area contributed by atoms with Gasteiger partial charge in [-0.3, -0.25) is 4.74 Å². The summed E-state index contributed by atoms with van der Waals surface area (Å²) in [6.07, 6.45) is 2.78. The molecule has 0 N–H and O–H groups in total. The van der Waals surface area contributed by atoms with Crippen molar-refractivity contribution in [3.63, 3.8) is 0 Å². The first-order valence-electron chi connectivity index (χ1n) is 5.09. The summed E-state index contributed by atoms with van der Waals surface area (Å²) in [7, 11) is 0. The highest BCUT2D eigenvalue weighted by atomic mass is 19.4. The van der Waals surface area contributed by atoms with Gasteiger partial charge in [0.05, 0.1) is 6.10 Å². The molecule has 6 heteroatoms. The van der Waals surface area contributed by atoms with E-state index in [1.165, 1.54) is 6.08 Å². The predicted octanol–water partition coefficient (Wildman–Crippen LogP) is 2.90. The fraction of sp³-hybridized carbons (Fsp3) is 0.364. The van der Waals surface area contributed by atoms with E-state index in [0.29, 0.717) is 0 Å². The molecule has 1 aliphatic carbocycles. The van der Waals surface area contributed by atoms with Crippen molar-refractivity contribution in [1.29, 1.82) is 0 Å². The van der Waals surface area contributed by atoms with Crippen LogP contribution >= 0.6 is 0 Å². The van der Waals surface area contributed by atoms with Gasteiger partial charge < -0.3 is 4.57 Å². The summed E-state index contributed by atoms with van der Waals surface area (Å²) in [6.45, 7) is 1.83. The van der Waals surface area contributed by atoms with Gasteiger partial charge in [0.1, 0.15) is 5.82 Å². The SMILES string of the molecule is Cc1nccn1C1=CCC(OC(F)(F)F)C=C1. The van der Waals surface area contributed by atoms with Gasteiger partial charge in [-0.15, -0.1) is 13.2 Å². The highest BCUT2D eigenvalue weighted by molar-refractivity contribution is 5.59. The molecule has 1 unspecified atom stereocenters. The Kier molecular flexibility index (Phi) is 3.06. The molecule has 0 saturated heterocycles. The lowest BCUT2D eigenvalue weighted by Crippen LogP contribution is -2.23. The van der Waals surface area contributed by atoms with Gasteiger partial charge in [0.25, 0.3) is 0 Å². The van der Waals surface area contributed by atoms with E-state index in [1.54, 1.807) is 29.1 Å². The predicted molar refractivity (Wildman–Crippen MR) is 55.9 cm³/mol. The van der Waals surface area contributed by atoms with Crippen LogP contribution in [0.3, 0.4) is 0 Å².